The van der Waals surface area contributed by atoms with Crippen molar-refractivity contribution in [3.63, 3.8) is 0 Å². The number of carbonyl (C=O) groups is 1. The molecule has 2 N–H and O–H groups in total. The third-order valence-corrected chi connectivity index (χ3v) is 6.53. The van der Waals surface area contributed by atoms with E-state index in [1.54, 1.807) is 51.3 Å². The van der Waals surface area contributed by atoms with Crippen molar-refractivity contribution in [2.45, 2.75) is 13.0 Å². The van der Waals surface area contributed by atoms with Gasteiger partial charge in [-0.05, 0) is 61.5 Å². The molecule has 2 heterocycles. The number of aromatic nitrogens is 3. The molecule has 0 bridgehead atoms. The number of carbonyl (C=O) groups excluding carboxylic acids is 1. The van der Waals surface area contributed by atoms with Gasteiger partial charge in [0.2, 0.25) is 5.95 Å². The van der Waals surface area contributed by atoms with Gasteiger partial charge in [-0.1, -0.05) is 12.1 Å². The van der Waals surface area contributed by atoms with Crippen LogP contribution >= 0.6 is 0 Å². The van der Waals surface area contributed by atoms with E-state index in [2.05, 4.69) is 10.6 Å². The van der Waals surface area contributed by atoms with Crippen LogP contribution in [0.3, 0.4) is 0 Å². The van der Waals surface area contributed by atoms with E-state index >= 15 is 0 Å². The number of methoxy groups -OCH3 is 4. The lowest BCUT2D eigenvalue weighted by atomic mass is 9.94. The zero-order valence-electron chi connectivity index (χ0n) is 22.3. The van der Waals surface area contributed by atoms with Crippen molar-refractivity contribution < 1.29 is 23.7 Å². The fourth-order valence-corrected chi connectivity index (χ4v) is 4.59. The summed E-state index contributed by atoms with van der Waals surface area (Å²) in [6, 6.07) is 19.5. The van der Waals surface area contributed by atoms with Crippen molar-refractivity contribution in [2.75, 3.05) is 39.1 Å². The van der Waals surface area contributed by atoms with E-state index in [0.717, 1.165) is 11.3 Å². The maximum atomic E-state index is 13.9. The third-order valence-electron chi connectivity index (χ3n) is 6.53. The fraction of sp³-hybridized carbons (Fsp3) is 0.207. The highest BCUT2D eigenvalue weighted by molar-refractivity contribution is 6.06. The van der Waals surface area contributed by atoms with E-state index in [4.69, 9.17) is 29.0 Å². The van der Waals surface area contributed by atoms with Gasteiger partial charge in [-0.3, -0.25) is 4.79 Å². The number of rotatable bonds is 8. The molecule has 1 aromatic heterocycles. The van der Waals surface area contributed by atoms with Gasteiger partial charge in [0, 0.05) is 16.8 Å². The molecule has 10 nitrogen and oxygen atoms in total. The molecule has 0 radical (unpaired) electrons. The molecule has 39 heavy (non-hydrogen) atoms. The molecule has 1 aliphatic heterocycles. The highest BCUT2D eigenvalue weighted by Crippen LogP contribution is 2.42. The van der Waals surface area contributed by atoms with Crippen LogP contribution in [0.1, 0.15) is 18.5 Å². The van der Waals surface area contributed by atoms with E-state index in [9.17, 15) is 4.79 Å². The Bertz CT molecular complexity index is 1540. The first-order valence-corrected chi connectivity index (χ1v) is 12.2. The first-order chi connectivity index (χ1) is 19.0. The maximum absolute atomic E-state index is 13.9. The van der Waals surface area contributed by atoms with Crippen LogP contribution in [0.2, 0.25) is 0 Å². The summed E-state index contributed by atoms with van der Waals surface area (Å²) in [4.78, 5) is 18.7. The largest absolute Gasteiger partial charge is 0.497 e. The molecule has 200 valence electrons. The number of ether oxygens (including phenoxy) is 4. The summed E-state index contributed by atoms with van der Waals surface area (Å²) in [6.45, 7) is 1.84. The van der Waals surface area contributed by atoms with Crippen molar-refractivity contribution in [2.24, 2.45) is 0 Å². The molecule has 0 fully saturated rings. The molecule has 0 saturated carbocycles. The summed E-state index contributed by atoms with van der Waals surface area (Å²) < 4.78 is 23.7. The predicted molar refractivity (Wildman–Crippen MR) is 148 cm³/mol. The number of hydrogen-bond acceptors (Lipinski definition) is 8. The van der Waals surface area contributed by atoms with Crippen LogP contribution < -0.4 is 29.6 Å². The first kappa shape index (κ1) is 25.7. The fourth-order valence-electron chi connectivity index (χ4n) is 4.59. The minimum absolute atomic E-state index is 0.327. The standard InChI is InChI=1S/C29H29N5O5/c1-17-25(28(35)31-22-8-6-7-9-24(22)39-5)26(21-16-20(37-3)14-15-23(21)38-4)34-29(30-17)32-27(33-34)18-10-12-19(36-2)13-11-18/h6-16,26H,1-5H3,(H,31,35)(H,30,32,33). The Hall–Kier alpha value is -4.99. The zero-order chi connectivity index (χ0) is 27.5. The first-order valence-electron chi connectivity index (χ1n) is 12.2. The number of anilines is 2. The zero-order valence-corrected chi connectivity index (χ0v) is 22.3. The quantitative estimate of drug-likeness (QED) is 0.333. The highest BCUT2D eigenvalue weighted by Gasteiger charge is 2.36. The number of benzene rings is 3. The Kier molecular flexibility index (Phi) is 7.09. The van der Waals surface area contributed by atoms with Crippen molar-refractivity contribution in [1.29, 1.82) is 0 Å². The number of nitrogens with zero attached hydrogens (tertiary/aromatic N) is 3. The van der Waals surface area contributed by atoms with Crippen LogP contribution in [0.25, 0.3) is 11.4 Å². The summed E-state index contributed by atoms with van der Waals surface area (Å²) in [6.07, 6.45) is 0. The summed E-state index contributed by atoms with van der Waals surface area (Å²) >= 11 is 0. The average Bonchev–Trinajstić information content (AvgIpc) is 3.39. The molecule has 1 unspecified atom stereocenters. The Labute approximate surface area is 226 Å². The van der Waals surface area contributed by atoms with Crippen LogP contribution in [-0.4, -0.2) is 49.1 Å². The van der Waals surface area contributed by atoms with E-state index < -0.39 is 6.04 Å². The van der Waals surface area contributed by atoms with Gasteiger partial charge in [0.1, 0.15) is 29.0 Å². The van der Waals surface area contributed by atoms with Crippen molar-refractivity contribution >= 4 is 17.5 Å². The smallest absolute Gasteiger partial charge is 0.255 e. The molecule has 10 heteroatoms. The van der Waals surface area contributed by atoms with Gasteiger partial charge in [-0.25, -0.2) is 4.68 Å². The highest BCUT2D eigenvalue weighted by atomic mass is 16.5. The van der Waals surface area contributed by atoms with Gasteiger partial charge in [0.05, 0.1) is 39.7 Å². The normalized spacial score (nSPS) is 14.2. The molecular formula is C29H29N5O5. The van der Waals surface area contributed by atoms with E-state index in [-0.39, 0.29) is 5.91 Å². The summed E-state index contributed by atoms with van der Waals surface area (Å²) in [7, 11) is 6.35. The van der Waals surface area contributed by atoms with Crippen LogP contribution in [0.4, 0.5) is 11.6 Å². The maximum Gasteiger partial charge on any atom is 0.255 e. The van der Waals surface area contributed by atoms with Gasteiger partial charge in [0.25, 0.3) is 5.91 Å². The number of amides is 1. The molecule has 5 rings (SSSR count). The molecular weight excluding hydrogens is 498 g/mol. The van der Waals surface area contributed by atoms with Gasteiger partial charge >= 0.3 is 0 Å². The average molecular weight is 528 g/mol. The monoisotopic (exact) mass is 527 g/mol. The van der Waals surface area contributed by atoms with Crippen LogP contribution in [-0.2, 0) is 4.79 Å². The molecule has 1 amide bonds. The molecule has 1 atom stereocenters. The Morgan fingerprint density at radius 3 is 2.26 bits per heavy atom. The Morgan fingerprint density at radius 2 is 1.56 bits per heavy atom. The second-order valence-corrected chi connectivity index (χ2v) is 8.76. The SMILES string of the molecule is COc1ccc(-c2nc3n(n2)C(c2cc(OC)ccc2OC)C(C(=O)Nc2ccccc2OC)=C(C)N3)cc1. The minimum Gasteiger partial charge on any atom is -0.497 e. The molecule has 0 spiro atoms. The molecule has 0 saturated heterocycles. The summed E-state index contributed by atoms with van der Waals surface area (Å²) in [5, 5.41) is 11.1. The Balaban J connectivity index is 1.65. The van der Waals surface area contributed by atoms with E-state index in [0.29, 0.717) is 51.5 Å². The van der Waals surface area contributed by atoms with Crippen LogP contribution in [0.15, 0.2) is 78.0 Å². The number of hydrogen-bond donors (Lipinski definition) is 2. The predicted octanol–water partition coefficient (Wildman–Crippen LogP) is 4.91. The minimum atomic E-state index is -0.680. The van der Waals surface area contributed by atoms with Crippen LogP contribution in [0.5, 0.6) is 23.0 Å². The van der Waals surface area contributed by atoms with Gasteiger partial charge in [-0.2, -0.15) is 4.98 Å². The lowest BCUT2D eigenvalue weighted by Gasteiger charge is -2.29. The van der Waals surface area contributed by atoms with Crippen molar-refractivity contribution in [1.82, 2.24) is 14.8 Å². The van der Waals surface area contributed by atoms with Crippen LogP contribution in [0, 0.1) is 0 Å². The second kappa shape index (κ2) is 10.8. The number of allylic oxidation sites excluding steroid dienone is 1. The third kappa shape index (κ3) is 4.84. The summed E-state index contributed by atoms with van der Waals surface area (Å²) in [5.74, 6) is 3.12. The number of fused-ring (bicyclic) bond motifs is 1. The lowest BCUT2D eigenvalue weighted by molar-refractivity contribution is -0.113. The summed E-state index contributed by atoms with van der Waals surface area (Å²) in [5.41, 5.74) is 3.10. The number of para-hydroxylation sites is 2. The number of nitrogens with one attached hydrogen (secondary N) is 2. The molecule has 3 aromatic carbocycles. The Morgan fingerprint density at radius 1 is 0.872 bits per heavy atom. The van der Waals surface area contributed by atoms with Gasteiger partial charge < -0.3 is 29.6 Å². The van der Waals surface area contributed by atoms with Crippen molar-refractivity contribution in [3.05, 3.63) is 83.6 Å². The van der Waals surface area contributed by atoms with E-state index in [1.165, 1.54) is 0 Å². The molecule has 4 aromatic rings. The topological polar surface area (TPSA) is 109 Å². The van der Waals surface area contributed by atoms with Crippen molar-refractivity contribution in [3.8, 4) is 34.4 Å². The van der Waals surface area contributed by atoms with Gasteiger partial charge in [0.15, 0.2) is 5.82 Å². The lowest BCUT2D eigenvalue weighted by Crippen LogP contribution is -2.31. The molecule has 1 aliphatic rings. The van der Waals surface area contributed by atoms with Gasteiger partial charge in [-0.15, -0.1) is 5.10 Å². The second-order valence-electron chi connectivity index (χ2n) is 8.76. The molecule has 0 aliphatic carbocycles. The van der Waals surface area contributed by atoms with E-state index in [1.807, 2.05) is 55.5 Å².